The van der Waals surface area contributed by atoms with Crippen LogP contribution in [0.15, 0.2) is 22.7 Å². The van der Waals surface area contributed by atoms with E-state index in [1.807, 2.05) is 25.1 Å². The highest BCUT2D eigenvalue weighted by molar-refractivity contribution is 9.10. The van der Waals surface area contributed by atoms with Crippen LogP contribution in [0.2, 0.25) is 5.02 Å². The number of hydrogen-bond donors (Lipinski definition) is 0. The summed E-state index contributed by atoms with van der Waals surface area (Å²) < 4.78 is 0.942. The number of alkyl halides is 1. The largest absolute Gasteiger partial charge is 0.299 e. The lowest BCUT2D eigenvalue weighted by molar-refractivity contribution is -0.116. The van der Waals surface area contributed by atoms with E-state index >= 15 is 0 Å². The van der Waals surface area contributed by atoms with Gasteiger partial charge in [0.2, 0.25) is 0 Å². The standard InChI is InChI=1S/C11H11Br2ClO/c1-6(11(13)7(2)15)9-4-3-8(12)5-10(9)14/h3-6,11H,1-2H3. The van der Waals surface area contributed by atoms with Crippen molar-refractivity contribution in [3.8, 4) is 0 Å². The van der Waals surface area contributed by atoms with Crippen molar-refractivity contribution in [2.45, 2.75) is 24.6 Å². The summed E-state index contributed by atoms with van der Waals surface area (Å²) in [6, 6.07) is 5.71. The summed E-state index contributed by atoms with van der Waals surface area (Å²) >= 11 is 12.8. The molecule has 0 aromatic heterocycles. The van der Waals surface area contributed by atoms with Crippen LogP contribution in [0.5, 0.6) is 0 Å². The van der Waals surface area contributed by atoms with Gasteiger partial charge in [0.05, 0.1) is 4.83 Å². The van der Waals surface area contributed by atoms with Crippen LogP contribution in [0.4, 0.5) is 0 Å². The van der Waals surface area contributed by atoms with E-state index in [4.69, 9.17) is 11.6 Å². The zero-order chi connectivity index (χ0) is 11.6. The number of carbonyl (C=O) groups is 1. The molecule has 0 radical (unpaired) electrons. The number of halogens is 3. The number of hydrogen-bond acceptors (Lipinski definition) is 1. The SMILES string of the molecule is CC(=O)C(Br)C(C)c1ccc(Br)cc1Cl. The first kappa shape index (κ1) is 13.2. The molecule has 0 fully saturated rings. The van der Waals surface area contributed by atoms with Crippen LogP contribution in [0, 0.1) is 0 Å². The van der Waals surface area contributed by atoms with Crippen LogP contribution < -0.4 is 0 Å². The first-order valence-electron chi connectivity index (χ1n) is 4.53. The van der Waals surface area contributed by atoms with Crippen molar-refractivity contribution in [2.24, 2.45) is 0 Å². The minimum atomic E-state index is -0.184. The van der Waals surface area contributed by atoms with E-state index < -0.39 is 0 Å². The molecule has 2 unspecified atom stereocenters. The van der Waals surface area contributed by atoms with Gasteiger partial charge in [0.1, 0.15) is 5.78 Å². The van der Waals surface area contributed by atoms with Crippen molar-refractivity contribution >= 4 is 49.2 Å². The maximum atomic E-state index is 11.2. The van der Waals surface area contributed by atoms with E-state index in [0.29, 0.717) is 5.02 Å². The van der Waals surface area contributed by atoms with Crippen molar-refractivity contribution in [3.63, 3.8) is 0 Å². The second-order valence-corrected chi connectivity index (χ2v) is 5.78. The lowest BCUT2D eigenvalue weighted by Gasteiger charge is -2.17. The summed E-state index contributed by atoms with van der Waals surface area (Å²) in [6.45, 7) is 3.55. The van der Waals surface area contributed by atoms with Crippen molar-refractivity contribution in [1.29, 1.82) is 0 Å². The molecular formula is C11H11Br2ClO. The number of rotatable bonds is 3. The zero-order valence-corrected chi connectivity index (χ0v) is 12.4. The Morgan fingerprint density at radius 3 is 2.53 bits per heavy atom. The third kappa shape index (κ3) is 3.30. The molecular weight excluding hydrogens is 343 g/mol. The average Bonchev–Trinajstić information content (AvgIpc) is 2.15. The second-order valence-electron chi connectivity index (χ2n) is 3.47. The topological polar surface area (TPSA) is 17.1 Å². The van der Waals surface area contributed by atoms with E-state index in [1.54, 1.807) is 6.92 Å². The van der Waals surface area contributed by atoms with Gasteiger partial charge in [-0.25, -0.2) is 0 Å². The fraction of sp³-hybridized carbons (Fsp3) is 0.364. The van der Waals surface area contributed by atoms with Crippen molar-refractivity contribution in [3.05, 3.63) is 33.3 Å². The Kier molecular flexibility index (Phi) is 4.81. The monoisotopic (exact) mass is 352 g/mol. The minimum Gasteiger partial charge on any atom is -0.299 e. The number of carbonyl (C=O) groups excluding carboxylic acids is 1. The Labute approximate surface area is 111 Å². The lowest BCUT2D eigenvalue weighted by atomic mass is 9.96. The van der Waals surface area contributed by atoms with Crippen LogP contribution >= 0.6 is 43.5 Å². The van der Waals surface area contributed by atoms with Crippen LogP contribution in [0.3, 0.4) is 0 Å². The maximum Gasteiger partial charge on any atom is 0.144 e. The molecule has 0 saturated carbocycles. The van der Waals surface area contributed by atoms with Gasteiger partial charge in [-0.15, -0.1) is 0 Å². The molecule has 0 saturated heterocycles. The van der Waals surface area contributed by atoms with E-state index in [2.05, 4.69) is 31.9 Å². The number of benzene rings is 1. The van der Waals surface area contributed by atoms with Gasteiger partial charge in [-0.05, 0) is 24.6 Å². The zero-order valence-electron chi connectivity index (χ0n) is 8.43. The second kappa shape index (κ2) is 5.46. The molecule has 0 aliphatic heterocycles. The molecule has 0 spiro atoms. The first-order chi connectivity index (χ1) is 6.93. The predicted octanol–water partition coefficient (Wildman–Crippen LogP) is 4.56. The third-order valence-corrected chi connectivity index (χ3v) is 4.54. The smallest absolute Gasteiger partial charge is 0.144 e. The van der Waals surface area contributed by atoms with Gasteiger partial charge in [-0.2, -0.15) is 0 Å². The van der Waals surface area contributed by atoms with Gasteiger partial charge in [-0.3, -0.25) is 4.79 Å². The minimum absolute atomic E-state index is 0.0723. The number of ketones is 1. The summed E-state index contributed by atoms with van der Waals surface area (Å²) in [5.74, 6) is 0.185. The predicted molar refractivity (Wildman–Crippen MR) is 71.0 cm³/mol. The summed E-state index contributed by atoms with van der Waals surface area (Å²) in [4.78, 5) is 11.1. The fourth-order valence-electron chi connectivity index (χ4n) is 1.38. The molecule has 2 atom stereocenters. The molecule has 0 amide bonds. The summed E-state index contributed by atoms with van der Waals surface area (Å²) in [5, 5.41) is 0.683. The molecule has 4 heteroatoms. The summed E-state index contributed by atoms with van der Waals surface area (Å²) in [7, 11) is 0. The molecule has 1 nitrogen and oxygen atoms in total. The molecule has 0 heterocycles. The van der Waals surface area contributed by atoms with E-state index in [1.165, 1.54) is 0 Å². The van der Waals surface area contributed by atoms with Crippen molar-refractivity contribution in [2.75, 3.05) is 0 Å². The maximum absolute atomic E-state index is 11.2. The Morgan fingerprint density at radius 2 is 2.07 bits per heavy atom. The summed E-state index contributed by atoms with van der Waals surface area (Å²) in [5.41, 5.74) is 0.983. The van der Waals surface area contributed by atoms with Crippen LogP contribution in [0.1, 0.15) is 25.3 Å². The summed E-state index contributed by atoms with van der Waals surface area (Å²) in [6.07, 6.45) is 0. The van der Waals surface area contributed by atoms with Gasteiger partial charge in [0.25, 0.3) is 0 Å². The molecule has 1 aromatic rings. The lowest BCUT2D eigenvalue weighted by Crippen LogP contribution is -2.17. The Bertz CT molecular complexity index is 379. The van der Waals surface area contributed by atoms with E-state index in [9.17, 15) is 4.79 Å². The first-order valence-corrected chi connectivity index (χ1v) is 6.61. The molecule has 0 N–H and O–H groups in total. The Balaban J connectivity index is 3.01. The molecule has 1 aromatic carbocycles. The van der Waals surface area contributed by atoms with Gasteiger partial charge >= 0.3 is 0 Å². The highest BCUT2D eigenvalue weighted by atomic mass is 79.9. The van der Waals surface area contributed by atoms with Gasteiger partial charge < -0.3 is 0 Å². The van der Waals surface area contributed by atoms with E-state index in [0.717, 1.165) is 10.0 Å². The normalized spacial score (nSPS) is 14.7. The number of Topliss-reactive ketones (excluding diaryl/α,β-unsaturated/α-hetero) is 1. The van der Waals surface area contributed by atoms with Gasteiger partial charge in [0.15, 0.2) is 0 Å². The average molecular weight is 354 g/mol. The molecule has 0 aliphatic rings. The third-order valence-electron chi connectivity index (χ3n) is 2.28. The Morgan fingerprint density at radius 1 is 1.47 bits per heavy atom. The molecule has 0 bridgehead atoms. The van der Waals surface area contributed by atoms with Crippen molar-refractivity contribution in [1.82, 2.24) is 0 Å². The van der Waals surface area contributed by atoms with E-state index in [-0.39, 0.29) is 16.5 Å². The molecule has 0 aliphatic carbocycles. The molecule has 15 heavy (non-hydrogen) atoms. The van der Waals surface area contributed by atoms with Crippen LogP contribution in [0.25, 0.3) is 0 Å². The molecule has 1 rings (SSSR count). The Hall–Kier alpha value is 0.140. The van der Waals surface area contributed by atoms with Gasteiger partial charge in [-0.1, -0.05) is 56.5 Å². The quantitative estimate of drug-likeness (QED) is 0.728. The molecule has 82 valence electrons. The van der Waals surface area contributed by atoms with Crippen LogP contribution in [-0.2, 0) is 4.79 Å². The van der Waals surface area contributed by atoms with Crippen molar-refractivity contribution < 1.29 is 4.79 Å². The highest BCUT2D eigenvalue weighted by Gasteiger charge is 2.21. The fourth-order valence-corrected chi connectivity index (χ4v) is 2.51. The van der Waals surface area contributed by atoms with Gasteiger partial charge in [0, 0.05) is 15.4 Å². The van der Waals surface area contributed by atoms with Crippen LogP contribution in [-0.4, -0.2) is 10.6 Å². The highest BCUT2D eigenvalue weighted by Crippen LogP contribution is 2.32.